The molecule has 7 heteroatoms. The van der Waals surface area contributed by atoms with Crippen LogP contribution in [0.4, 0.5) is 5.69 Å². The number of carbonyl (C=O) groups is 1. The molecular formula is C21H18N4O3. The van der Waals surface area contributed by atoms with Gasteiger partial charge in [-0.2, -0.15) is 0 Å². The molecule has 4 rings (SSSR count). The molecule has 28 heavy (non-hydrogen) atoms. The highest BCUT2D eigenvalue weighted by Crippen LogP contribution is 2.17. The Balaban J connectivity index is 1.73. The molecule has 0 aliphatic heterocycles. The zero-order valence-electron chi connectivity index (χ0n) is 15.2. The van der Waals surface area contributed by atoms with Crippen LogP contribution in [-0.4, -0.2) is 27.4 Å². The van der Waals surface area contributed by atoms with E-state index in [-0.39, 0.29) is 18.0 Å². The lowest BCUT2D eigenvalue weighted by Gasteiger charge is -2.13. The Morgan fingerprint density at radius 3 is 2.68 bits per heavy atom. The number of rotatable bonds is 5. The molecule has 0 aliphatic carbocycles. The minimum atomic E-state index is -0.277. The number of pyridine rings is 1. The Morgan fingerprint density at radius 2 is 1.89 bits per heavy atom. The third-order valence-corrected chi connectivity index (χ3v) is 4.34. The van der Waals surface area contributed by atoms with E-state index >= 15 is 0 Å². The average molecular weight is 374 g/mol. The first kappa shape index (κ1) is 17.5. The molecule has 0 atom stereocenters. The maximum Gasteiger partial charge on any atom is 0.280 e. The summed E-state index contributed by atoms with van der Waals surface area (Å²) in [4.78, 5) is 29.9. The van der Waals surface area contributed by atoms with E-state index in [4.69, 9.17) is 4.74 Å². The van der Waals surface area contributed by atoms with Crippen LogP contribution in [0.3, 0.4) is 0 Å². The van der Waals surface area contributed by atoms with Gasteiger partial charge in [0.2, 0.25) is 5.91 Å². The maximum atomic E-state index is 12.9. The molecule has 140 valence electrons. The zero-order chi connectivity index (χ0) is 19.5. The quantitative estimate of drug-likeness (QED) is 0.583. The van der Waals surface area contributed by atoms with Gasteiger partial charge in [0.25, 0.3) is 5.56 Å². The van der Waals surface area contributed by atoms with Crippen molar-refractivity contribution in [3.63, 3.8) is 0 Å². The van der Waals surface area contributed by atoms with Crippen LogP contribution in [0.1, 0.15) is 0 Å². The molecule has 4 aromatic rings. The number of hydrogen-bond acceptors (Lipinski definition) is 4. The molecule has 2 aromatic carbocycles. The summed E-state index contributed by atoms with van der Waals surface area (Å²) in [5.41, 5.74) is 1.52. The van der Waals surface area contributed by atoms with Gasteiger partial charge in [0.1, 0.15) is 12.3 Å². The molecule has 2 heterocycles. The smallest absolute Gasteiger partial charge is 0.280 e. The minimum Gasteiger partial charge on any atom is -0.497 e. The van der Waals surface area contributed by atoms with Crippen LogP contribution in [0.15, 0.2) is 77.7 Å². The fourth-order valence-electron chi connectivity index (χ4n) is 3.10. The van der Waals surface area contributed by atoms with E-state index in [1.807, 2.05) is 30.3 Å². The van der Waals surface area contributed by atoms with Gasteiger partial charge in [0.05, 0.1) is 18.2 Å². The Bertz CT molecular complexity index is 1200. The van der Waals surface area contributed by atoms with Crippen molar-refractivity contribution in [1.82, 2.24) is 14.3 Å². The summed E-state index contributed by atoms with van der Waals surface area (Å²) in [7, 11) is 1.57. The number of methoxy groups -OCH3 is 1. The molecule has 0 saturated heterocycles. The fourth-order valence-corrected chi connectivity index (χ4v) is 3.10. The Kier molecular flexibility index (Phi) is 4.63. The monoisotopic (exact) mass is 374 g/mol. The van der Waals surface area contributed by atoms with E-state index in [1.165, 1.54) is 4.68 Å². The second-order valence-corrected chi connectivity index (χ2v) is 6.16. The van der Waals surface area contributed by atoms with Crippen LogP contribution in [-0.2, 0) is 11.3 Å². The van der Waals surface area contributed by atoms with Gasteiger partial charge in [0.15, 0.2) is 5.65 Å². The summed E-state index contributed by atoms with van der Waals surface area (Å²) in [5, 5.41) is 3.29. The van der Waals surface area contributed by atoms with Crippen molar-refractivity contribution >= 4 is 22.6 Å². The lowest BCUT2D eigenvalue weighted by atomic mass is 10.3. The lowest BCUT2D eigenvalue weighted by molar-refractivity contribution is -0.116. The first-order valence-electron chi connectivity index (χ1n) is 8.73. The number of para-hydroxylation sites is 1. The van der Waals surface area contributed by atoms with E-state index in [0.717, 1.165) is 0 Å². The van der Waals surface area contributed by atoms with Crippen molar-refractivity contribution in [2.45, 2.75) is 6.54 Å². The highest BCUT2D eigenvalue weighted by molar-refractivity contribution is 5.91. The normalized spacial score (nSPS) is 10.8. The third kappa shape index (κ3) is 3.25. The van der Waals surface area contributed by atoms with Gasteiger partial charge < -0.3 is 10.1 Å². The highest BCUT2D eigenvalue weighted by Gasteiger charge is 2.17. The van der Waals surface area contributed by atoms with Gasteiger partial charge in [0, 0.05) is 18.0 Å². The van der Waals surface area contributed by atoms with Crippen molar-refractivity contribution < 1.29 is 9.53 Å². The van der Waals surface area contributed by atoms with Crippen LogP contribution in [0, 0.1) is 0 Å². The molecule has 0 aliphatic rings. The summed E-state index contributed by atoms with van der Waals surface area (Å²) in [6.07, 6.45) is 1.60. The zero-order valence-corrected chi connectivity index (χ0v) is 15.2. The number of nitrogens with one attached hydrogen (secondary N) is 1. The number of ether oxygens (including phenoxy) is 1. The van der Waals surface area contributed by atoms with Crippen molar-refractivity contribution in [3.8, 4) is 11.4 Å². The Labute approximate surface area is 160 Å². The predicted octanol–water partition coefficient (Wildman–Crippen LogP) is 2.83. The van der Waals surface area contributed by atoms with E-state index in [9.17, 15) is 9.59 Å². The van der Waals surface area contributed by atoms with E-state index < -0.39 is 0 Å². The summed E-state index contributed by atoms with van der Waals surface area (Å²) >= 11 is 0. The lowest BCUT2D eigenvalue weighted by Crippen LogP contribution is -2.27. The van der Waals surface area contributed by atoms with Gasteiger partial charge in [-0.25, -0.2) is 9.67 Å². The predicted molar refractivity (Wildman–Crippen MR) is 107 cm³/mol. The number of benzene rings is 2. The van der Waals surface area contributed by atoms with Gasteiger partial charge in [-0.05, 0) is 36.4 Å². The van der Waals surface area contributed by atoms with Crippen LogP contribution >= 0.6 is 0 Å². The minimum absolute atomic E-state index is 0.0676. The largest absolute Gasteiger partial charge is 0.497 e. The second-order valence-electron chi connectivity index (χ2n) is 6.16. The number of fused-ring (bicyclic) bond motifs is 1. The van der Waals surface area contributed by atoms with Crippen molar-refractivity contribution in [3.05, 3.63) is 83.3 Å². The van der Waals surface area contributed by atoms with E-state index in [1.54, 1.807) is 54.4 Å². The van der Waals surface area contributed by atoms with Crippen molar-refractivity contribution in [2.75, 3.05) is 12.4 Å². The van der Waals surface area contributed by atoms with Crippen LogP contribution in [0.25, 0.3) is 16.7 Å². The van der Waals surface area contributed by atoms with Gasteiger partial charge in [-0.15, -0.1) is 0 Å². The molecular weight excluding hydrogens is 356 g/mol. The highest BCUT2D eigenvalue weighted by atomic mass is 16.5. The molecule has 0 unspecified atom stereocenters. The van der Waals surface area contributed by atoms with Gasteiger partial charge in [-0.1, -0.05) is 24.3 Å². The number of anilines is 1. The van der Waals surface area contributed by atoms with Crippen LogP contribution in [0.5, 0.6) is 5.75 Å². The third-order valence-electron chi connectivity index (χ3n) is 4.34. The number of carbonyl (C=O) groups excluding carboxylic acids is 1. The molecule has 1 amide bonds. The second kappa shape index (κ2) is 7.40. The molecule has 0 radical (unpaired) electrons. The van der Waals surface area contributed by atoms with E-state index in [2.05, 4.69) is 10.3 Å². The molecule has 0 fully saturated rings. The van der Waals surface area contributed by atoms with Gasteiger partial charge in [-0.3, -0.25) is 14.3 Å². The van der Waals surface area contributed by atoms with Crippen molar-refractivity contribution in [2.24, 2.45) is 0 Å². The number of amides is 1. The summed E-state index contributed by atoms with van der Waals surface area (Å²) in [6.45, 7) is -0.0676. The first-order chi connectivity index (χ1) is 13.7. The first-order valence-corrected chi connectivity index (χ1v) is 8.73. The van der Waals surface area contributed by atoms with Crippen molar-refractivity contribution in [1.29, 1.82) is 0 Å². The standard InChI is InChI=1S/C21H18N4O3/c1-28-17-10-5-7-15(13-17)23-19(26)14-24-20-18(11-6-12-22-20)21(27)25(24)16-8-3-2-4-9-16/h2-13H,14H2,1H3,(H,23,26). The average Bonchev–Trinajstić information content (AvgIpc) is 3.00. The molecule has 2 aromatic heterocycles. The van der Waals surface area contributed by atoms with E-state index in [0.29, 0.717) is 28.2 Å². The topological polar surface area (TPSA) is 78.2 Å². The molecule has 0 spiro atoms. The number of hydrogen-bond donors (Lipinski definition) is 1. The summed E-state index contributed by atoms with van der Waals surface area (Å²) in [6, 6.07) is 19.7. The molecule has 7 nitrogen and oxygen atoms in total. The number of aromatic nitrogens is 3. The molecule has 1 N–H and O–H groups in total. The Morgan fingerprint density at radius 1 is 1.07 bits per heavy atom. The van der Waals surface area contributed by atoms with Crippen LogP contribution in [0.2, 0.25) is 0 Å². The molecule has 0 saturated carbocycles. The van der Waals surface area contributed by atoms with Crippen LogP contribution < -0.4 is 15.6 Å². The maximum absolute atomic E-state index is 12.9. The molecule has 0 bridgehead atoms. The SMILES string of the molecule is COc1cccc(NC(=O)Cn2c3ncccc3c(=O)n2-c2ccccc2)c1. The number of nitrogens with zero attached hydrogens (tertiary/aromatic N) is 3. The summed E-state index contributed by atoms with van der Waals surface area (Å²) < 4.78 is 8.24. The summed E-state index contributed by atoms with van der Waals surface area (Å²) in [5.74, 6) is 0.368. The fraction of sp³-hybridized carbons (Fsp3) is 0.0952. The Hall–Kier alpha value is -3.87. The van der Waals surface area contributed by atoms with Gasteiger partial charge >= 0.3 is 0 Å².